The Bertz CT molecular complexity index is 2450. The number of fused-ring (bicyclic) bond motifs is 3. The van der Waals surface area contributed by atoms with E-state index in [0.29, 0.717) is 55.2 Å². The summed E-state index contributed by atoms with van der Waals surface area (Å²) in [6, 6.07) is 27.5. The third-order valence-corrected chi connectivity index (χ3v) is 11.2. The maximum absolute atomic E-state index is 14.2. The molecule has 0 amide bonds. The number of para-hydroxylation sites is 2. The molecule has 0 fully saturated rings. The molecule has 7 nitrogen and oxygen atoms in total. The van der Waals surface area contributed by atoms with Gasteiger partial charge in [-0.2, -0.15) is 10.5 Å². The summed E-state index contributed by atoms with van der Waals surface area (Å²) in [5.74, 6) is 2.13. The molecule has 2 aliphatic rings. The molecule has 0 atom stereocenters. The van der Waals surface area contributed by atoms with Crippen LogP contribution in [0.4, 0.5) is 23.0 Å². The molecular weight excluding hydrogens is 735 g/mol. The zero-order valence-corrected chi connectivity index (χ0v) is 34.3. The number of carbonyl (C=O) groups excluding carboxylic acids is 1. The number of nitriles is 2. The Morgan fingerprint density at radius 2 is 1.04 bits per heavy atom. The fraction of sp³-hybridized carbons (Fsp3) is 0.255. The van der Waals surface area contributed by atoms with Crippen LogP contribution in [0.15, 0.2) is 102 Å². The second-order valence-corrected chi connectivity index (χ2v) is 16.3. The molecule has 1 aromatic heterocycles. The van der Waals surface area contributed by atoms with Crippen molar-refractivity contribution in [2.24, 2.45) is 0 Å². The second kappa shape index (κ2) is 15.1. The average molecular weight is 778 g/mol. The molecule has 0 radical (unpaired) electrons. The van der Waals surface area contributed by atoms with Crippen LogP contribution in [0.2, 0.25) is 10.0 Å². The van der Waals surface area contributed by atoms with Crippen molar-refractivity contribution in [2.75, 3.05) is 9.80 Å². The molecule has 1 aliphatic carbocycles. The molecule has 280 valence electrons. The standard InChI is InChI=1S/C47H42Cl2N6O/c1-25(2)30-15-11-16-31(26(3)4)43(30)54-41(20-19-36-42(29(23-50)24-51)34-13-9-10-14-35(34)45(36)56)55(44-32(27(5)6)17-12-18-33(44)28(7)8)47-46(54)52-39-21-37(48)38(49)22-40(39)53-47/h9-22,25-28H,1-8H3/b36-19-. The number of halogens is 2. The number of rotatable bonds is 7. The average Bonchev–Trinajstić information content (AvgIpc) is 3.63. The van der Waals surface area contributed by atoms with E-state index in [0.717, 1.165) is 33.6 Å². The van der Waals surface area contributed by atoms with Crippen LogP contribution in [0.5, 0.6) is 0 Å². The lowest BCUT2D eigenvalue weighted by molar-refractivity contribution is 0.104. The molecule has 9 heteroatoms. The van der Waals surface area contributed by atoms with Crippen molar-refractivity contribution in [3.8, 4) is 12.1 Å². The molecule has 4 aromatic carbocycles. The van der Waals surface area contributed by atoms with Gasteiger partial charge in [0, 0.05) is 16.7 Å². The Hall–Kier alpha value is -5.73. The Balaban J connectivity index is 1.68. The molecular formula is C47H42Cl2N6O. The minimum absolute atomic E-state index is 0.126. The quantitative estimate of drug-likeness (QED) is 0.120. The van der Waals surface area contributed by atoms with Gasteiger partial charge in [-0.3, -0.25) is 14.6 Å². The Labute approximate surface area is 338 Å². The van der Waals surface area contributed by atoms with E-state index in [4.69, 9.17) is 33.2 Å². The topological polar surface area (TPSA) is 96.9 Å². The summed E-state index contributed by atoms with van der Waals surface area (Å²) in [7, 11) is 0. The normalized spacial score (nSPS) is 14.4. The summed E-state index contributed by atoms with van der Waals surface area (Å²) in [6.45, 7) is 17.4. The predicted octanol–water partition coefficient (Wildman–Crippen LogP) is 13.2. The number of anilines is 4. The first-order valence-electron chi connectivity index (χ1n) is 18.9. The smallest absolute Gasteiger partial charge is 0.194 e. The second-order valence-electron chi connectivity index (χ2n) is 15.4. The minimum atomic E-state index is -0.258. The number of hydrogen-bond acceptors (Lipinski definition) is 7. The van der Waals surface area contributed by atoms with Gasteiger partial charge >= 0.3 is 0 Å². The lowest BCUT2D eigenvalue weighted by Crippen LogP contribution is -2.26. The molecule has 0 saturated carbocycles. The highest BCUT2D eigenvalue weighted by atomic mass is 35.5. The molecule has 56 heavy (non-hydrogen) atoms. The number of ketones is 1. The van der Waals surface area contributed by atoms with Gasteiger partial charge in [-0.05, 0) is 75.8 Å². The number of allylic oxidation sites excluding steroid dienone is 5. The minimum Gasteiger partial charge on any atom is -0.289 e. The summed E-state index contributed by atoms with van der Waals surface area (Å²) in [5.41, 5.74) is 9.02. The van der Waals surface area contributed by atoms with Crippen LogP contribution in [-0.4, -0.2) is 15.8 Å². The zero-order chi connectivity index (χ0) is 40.2. The van der Waals surface area contributed by atoms with Crippen LogP contribution < -0.4 is 9.80 Å². The first-order valence-corrected chi connectivity index (χ1v) is 19.7. The van der Waals surface area contributed by atoms with E-state index in [-0.39, 0.29) is 40.6 Å². The van der Waals surface area contributed by atoms with E-state index in [1.807, 2.05) is 24.3 Å². The molecule has 0 N–H and O–H groups in total. The van der Waals surface area contributed by atoms with Crippen molar-refractivity contribution in [1.82, 2.24) is 9.97 Å². The van der Waals surface area contributed by atoms with Crippen molar-refractivity contribution in [3.05, 3.63) is 145 Å². The molecule has 1 aliphatic heterocycles. The van der Waals surface area contributed by atoms with Crippen LogP contribution in [0.25, 0.3) is 16.6 Å². The van der Waals surface area contributed by atoms with Crippen molar-refractivity contribution in [2.45, 2.75) is 79.1 Å². The van der Waals surface area contributed by atoms with E-state index in [2.05, 4.69) is 102 Å². The van der Waals surface area contributed by atoms with Gasteiger partial charge in [-0.1, -0.05) is 139 Å². The Morgan fingerprint density at radius 3 is 1.43 bits per heavy atom. The maximum atomic E-state index is 14.2. The monoisotopic (exact) mass is 776 g/mol. The third kappa shape index (κ3) is 6.36. The van der Waals surface area contributed by atoms with Gasteiger partial charge in [0.05, 0.1) is 32.5 Å². The summed E-state index contributed by atoms with van der Waals surface area (Å²) in [4.78, 5) is 29.3. The number of carbonyl (C=O) groups is 1. The summed E-state index contributed by atoms with van der Waals surface area (Å²) < 4.78 is 0. The molecule has 5 aromatic rings. The highest BCUT2D eigenvalue weighted by Crippen LogP contribution is 2.54. The Kier molecular flexibility index (Phi) is 10.4. The van der Waals surface area contributed by atoms with Crippen molar-refractivity contribution >= 4 is 68.6 Å². The van der Waals surface area contributed by atoms with Crippen LogP contribution in [0.1, 0.15) is 117 Å². The third-order valence-electron chi connectivity index (χ3n) is 10.5. The van der Waals surface area contributed by atoms with Crippen molar-refractivity contribution in [1.29, 1.82) is 10.5 Å². The number of aromatic nitrogens is 2. The molecule has 0 saturated heterocycles. The van der Waals surface area contributed by atoms with Crippen molar-refractivity contribution in [3.63, 3.8) is 0 Å². The fourth-order valence-electron chi connectivity index (χ4n) is 7.81. The summed E-state index contributed by atoms with van der Waals surface area (Å²) in [6.07, 6.45) is 3.67. The van der Waals surface area contributed by atoms with Crippen LogP contribution in [0.3, 0.4) is 0 Å². The summed E-state index contributed by atoms with van der Waals surface area (Å²) >= 11 is 13.2. The molecule has 2 heterocycles. The van der Waals surface area contributed by atoms with E-state index < -0.39 is 0 Å². The van der Waals surface area contributed by atoms with Crippen LogP contribution >= 0.6 is 23.2 Å². The van der Waals surface area contributed by atoms with Crippen molar-refractivity contribution < 1.29 is 4.79 Å². The van der Waals surface area contributed by atoms with Gasteiger partial charge in [0.15, 0.2) is 17.4 Å². The van der Waals surface area contributed by atoms with E-state index in [1.54, 1.807) is 36.4 Å². The molecule has 0 bridgehead atoms. The lowest BCUT2D eigenvalue weighted by atomic mass is 9.91. The SMILES string of the molecule is CC(C)c1cccc(C(C)C)c1N1C(=C/C=C2\C(=O)c3ccccc3C2=C(C#N)C#N)N(c2c(C(C)C)cccc2C(C)C)c2nc3cc(Cl)c(Cl)cc3nc21. The Morgan fingerprint density at radius 1 is 0.625 bits per heavy atom. The first-order chi connectivity index (χ1) is 26.8. The van der Waals surface area contributed by atoms with Crippen LogP contribution in [0, 0.1) is 22.7 Å². The molecule has 0 unspecified atom stereocenters. The maximum Gasteiger partial charge on any atom is 0.194 e. The molecule has 7 rings (SSSR count). The van der Waals surface area contributed by atoms with Gasteiger partial charge in [0.25, 0.3) is 0 Å². The predicted molar refractivity (Wildman–Crippen MR) is 228 cm³/mol. The van der Waals surface area contributed by atoms with E-state index in [9.17, 15) is 15.3 Å². The lowest BCUT2D eigenvalue weighted by Gasteiger charge is -2.32. The largest absolute Gasteiger partial charge is 0.289 e. The highest BCUT2D eigenvalue weighted by molar-refractivity contribution is 6.42. The van der Waals surface area contributed by atoms with Gasteiger partial charge in [-0.15, -0.1) is 0 Å². The van der Waals surface area contributed by atoms with Gasteiger partial charge in [0.2, 0.25) is 0 Å². The van der Waals surface area contributed by atoms with E-state index >= 15 is 0 Å². The van der Waals surface area contributed by atoms with Gasteiger partial charge < -0.3 is 0 Å². The number of hydrogen-bond donors (Lipinski definition) is 0. The van der Waals surface area contributed by atoms with Gasteiger partial charge in [-0.25, -0.2) is 9.97 Å². The zero-order valence-electron chi connectivity index (χ0n) is 32.7. The first kappa shape index (κ1) is 38.5. The van der Waals surface area contributed by atoms with Crippen LogP contribution in [-0.2, 0) is 0 Å². The van der Waals surface area contributed by atoms with E-state index in [1.165, 1.54) is 0 Å². The summed E-state index contributed by atoms with van der Waals surface area (Å²) in [5, 5.41) is 21.0. The highest BCUT2D eigenvalue weighted by Gasteiger charge is 2.41. The fourth-order valence-corrected chi connectivity index (χ4v) is 8.12. The number of nitrogens with zero attached hydrogens (tertiary/aromatic N) is 6. The van der Waals surface area contributed by atoms with Gasteiger partial charge in [0.1, 0.15) is 23.5 Å². The number of benzene rings is 4. The molecule has 0 spiro atoms. The number of Topliss-reactive ketones (excluding diaryl/α,β-unsaturated/α-hetero) is 1.